The molecule has 1 unspecified atom stereocenters. The van der Waals surface area contributed by atoms with Crippen LogP contribution in [-0.4, -0.2) is 33.8 Å². The average Bonchev–Trinajstić information content (AvgIpc) is 3.21. The summed E-state index contributed by atoms with van der Waals surface area (Å²) in [6.07, 6.45) is 5.57. The third kappa shape index (κ3) is 7.35. The molecular weight excluding hydrogens is 443 g/mol. The highest BCUT2D eigenvalue weighted by Crippen LogP contribution is 2.22. The Bertz CT molecular complexity index is 660. The zero-order valence-electron chi connectivity index (χ0n) is 16.3. The molecule has 0 saturated heterocycles. The van der Waals surface area contributed by atoms with Crippen LogP contribution in [0.4, 0.5) is 0 Å². The number of guanidine groups is 1. The van der Waals surface area contributed by atoms with Crippen molar-refractivity contribution in [2.75, 3.05) is 13.1 Å². The van der Waals surface area contributed by atoms with Crippen LogP contribution in [0.25, 0.3) is 0 Å². The molecule has 0 bridgehead atoms. The quantitative estimate of drug-likeness (QED) is 0.366. The Morgan fingerprint density at radius 2 is 2.12 bits per heavy atom. The topological polar surface area (TPSA) is 80.3 Å². The van der Waals surface area contributed by atoms with Crippen molar-refractivity contribution in [1.82, 2.24) is 25.4 Å². The van der Waals surface area contributed by atoms with Gasteiger partial charge in [0.1, 0.15) is 12.3 Å². The molecule has 0 aromatic carbocycles. The number of nitrogens with one attached hydrogen (secondary N) is 2. The molecule has 8 heteroatoms. The Balaban J connectivity index is 0.00000338. The number of hydrogen-bond donors (Lipinski definition) is 2. The van der Waals surface area contributed by atoms with E-state index in [9.17, 15) is 0 Å². The van der Waals surface area contributed by atoms with Crippen LogP contribution >= 0.6 is 24.0 Å². The molecular formula is C18H31IN6O. The van der Waals surface area contributed by atoms with E-state index in [0.717, 1.165) is 31.4 Å². The number of halogens is 1. The van der Waals surface area contributed by atoms with Gasteiger partial charge in [0.2, 0.25) is 5.89 Å². The van der Waals surface area contributed by atoms with E-state index >= 15 is 0 Å². The van der Waals surface area contributed by atoms with E-state index in [1.807, 2.05) is 23.9 Å². The van der Waals surface area contributed by atoms with Crippen LogP contribution in [0, 0.1) is 5.92 Å². The summed E-state index contributed by atoms with van der Waals surface area (Å²) in [7, 11) is 0. The summed E-state index contributed by atoms with van der Waals surface area (Å²) >= 11 is 0. The van der Waals surface area contributed by atoms with E-state index in [1.165, 1.54) is 0 Å². The minimum Gasteiger partial charge on any atom is -0.443 e. The lowest BCUT2D eigenvalue weighted by Gasteiger charge is -2.16. The van der Waals surface area contributed by atoms with Gasteiger partial charge in [-0.05, 0) is 18.9 Å². The molecule has 26 heavy (non-hydrogen) atoms. The molecule has 2 aromatic heterocycles. The van der Waals surface area contributed by atoms with Crippen molar-refractivity contribution in [2.24, 2.45) is 10.9 Å². The lowest BCUT2D eigenvalue weighted by Crippen LogP contribution is -2.40. The predicted octanol–water partition coefficient (Wildman–Crippen LogP) is 3.18. The first-order valence-electron chi connectivity index (χ1n) is 8.83. The van der Waals surface area contributed by atoms with Crippen LogP contribution in [0.5, 0.6) is 0 Å². The third-order valence-electron chi connectivity index (χ3n) is 3.69. The fourth-order valence-electron chi connectivity index (χ4n) is 2.28. The van der Waals surface area contributed by atoms with E-state index < -0.39 is 0 Å². The van der Waals surface area contributed by atoms with Crippen molar-refractivity contribution >= 4 is 29.9 Å². The van der Waals surface area contributed by atoms with Gasteiger partial charge in [-0.3, -0.25) is 4.68 Å². The van der Waals surface area contributed by atoms with Crippen molar-refractivity contribution in [3.05, 3.63) is 36.3 Å². The van der Waals surface area contributed by atoms with Crippen molar-refractivity contribution in [3.63, 3.8) is 0 Å². The second-order valence-corrected chi connectivity index (χ2v) is 7.28. The van der Waals surface area contributed by atoms with E-state index in [0.29, 0.717) is 18.4 Å². The molecule has 0 fully saturated rings. The van der Waals surface area contributed by atoms with Gasteiger partial charge >= 0.3 is 0 Å². The van der Waals surface area contributed by atoms with Crippen molar-refractivity contribution in [1.29, 1.82) is 0 Å². The number of rotatable bonds is 7. The monoisotopic (exact) mass is 474 g/mol. The molecule has 146 valence electrons. The molecule has 7 nitrogen and oxygen atoms in total. The molecule has 2 rings (SSSR count). The minimum absolute atomic E-state index is 0. The molecule has 2 aromatic rings. The molecule has 1 atom stereocenters. The summed E-state index contributed by atoms with van der Waals surface area (Å²) in [5, 5.41) is 10.9. The second-order valence-electron chi connectivity index (χ2n) is 7.28. The largest absolute Gasteiger partial charge is 0.443 e. The molecule has 0 aliphatic carbocycles. The van der Waals surface area contributed by atoms with Gasteiger partial charge in [-0.2, -0.15) is 5.10 Å². The highest BCUT2D eigenvalue weighted by Gasteiger charge is 2.19. The molecule has 2 N–H and O–H groups in total. The van der Waals surface area contributed by atoms with Gasteiger partial charge < -0.3 is 15.1 Å². The minimum atomic E-state index is -0.0420. The van der Waals surface area contributed by atoms with Gasteiger partial charge in [0.05, 0.1) is 6.20 Å². The Morgan fingerprint density at radius 3 is 2.69 bits per heavy atom. The number of aromatic nitrogens is 3. The van der Waals surface area contributed by atoms with Crippen LogP contribution < -0.4 is 10.6 Å². The summed E-state index contributed by atoms with van der Waals surface area (Å²) in [6.45, 7) is 13.4. The molecule has 0 aliphatic rings. The van der Waals surface area contributed by atoms with Gasteiger partial charge in [-0.25, -0.2) is 9.98 Å². The number of nitrogens with zero attached hydrogens (tertiary/aromatic N) is 4. The van der Waals surface area contributed by atoms with Crippen molar-refractivity contribution < 1.29 is 4.42 Å². The normalized spacial score (nSPS) is 13.2. The average molecular weight is 474 g/mol. The summed E-state index contributed by atoms with van der Waals surface area (Å²) in [4.78, 5) is 8.88. The van der Waals surface area contributed by atoms with Crippen LogP contribution in [0.15, 0.2) is 34.1 Å². The third-order valence-corrected chi connectivity index (χ3v) is 3.69. The number of oxazole rings is 1. The zero-order valence-corrected chi connectivity index (χ0v) is 18.7. The first kappa shape index (κ1) is 22.5. The van der Waals surface area contributed by atoms with Gasteiger partial charge in [0.15, 0.2) is 5.96 Å². The summed E-state index contributed by atoms with van der Waals surface area (Å²) in [6, 6.07) is 1.94. The van der Waals surface area contributed by atoms with Gasteiger partial charge in [-0.1, -0.05) is 27.7 Å². The highest BCUT2D eigenvalue weighted by atomic mass is 127. The predicted molar refractivity (Wildman–Crippen MR) is 115 cm³/mol. The fraction of sp³-hybridized carbons (Fsp3) is 0.611. The van der Waals surface area contributed by atoms with Crippen LogP contribution in [-0.2, 0) is 18.5 Å². The molecule has 0 radical (unpaired) electrons. The summed E-state index contributed by atoms with van der Waals surface area (Å²) in [5.74, 6) is 2.71. The Labute approximate surface area is 173 Å². The van der Waals surface area contributed by atoms with Crippen LogP contribution in [0.2, 0.25) is 0 Å². The van der Waals surface area contributed by atoms with Crippen molar-refractivity contribution in [2.45, 2.75) is 53.1 Å². The van der Waals surface area contributed by atoms with Crippen LogP contribution in [0.1, 0.15) is 46.3 Å². The molecule has 0 spiro atoms. The van der Waals surface area contributed by atoms with Crippen molar-refractivity contribution in [3.8, 4) is 0 Å². The van der Waals surface area contributed by atoms with E-state index in [1.54, 1.807) is 12.4 Å². The fourth-order valence-corrected chi connectivity index (χ4v) is 2.28. The highest BCUT2D eigenvalue weighted by molar-refractivity contribution is 14.0. The smallest absolute Gasteiger partial charge is 0.216 e. The maximum Gasteiger partial charge on any atom is 0.216 e. The summed E-state index contributed by atoms with van der Waals surface area (Å²) in [5.41, 5.74) is -0.0420. The zero-order chi connectivity index (χ0) is 18.3. The lowest BCUT2D eigenvalue weighted by atomic mass is 9.94. The van der Waals surface area contributed by atoms with E-state index in [2.05, 4.69) is 53.4 Å². The van der Waals surface area contributed by atoms with Crippen LogP contribution in [0.3, 0.4) is 0 Å². The molecule has 0 amide bonds. The lowest BCUT2D eigenvalue weighted by molar-refractivity contribution is 0.383. The maximum atomic E-state index is 5.79. The number of hydrogen-bond acceptors (Lipinski definition) is 4. The Morgan fingerprint density at radius 1 is 1.35 bits per heavy atom. The van der Waals surface area contributed by atoms with Gasteiger partial charge in [0.25, 0.3) is 0 Å². The molecule has 0 aliphatic heterocycles. The SMILES string of the molecule is CCNC(=NCc1ncc(C(C)(C)C)o1)NCC(C)Cn1cccn1.I. The number of aliphatic imine (C=N–C) groups is 1. The second kappa shape index (κ2) is 10.5. The molecule has 2 heterocycles. The van der Waals surface area contributed by atoms with E-state index in [-0.39, 0.29) is 29.4 Å². The summed E-state index contributed by atoms with van der Waals surface area (Å²) < 4.78 is 7.73. The van der Waals surface area contributed by atoms with E-state index in [4.69, 9.17) is 4.42 Å². The van der Waals surface area contributed by atoms with Gasteiger partial charge in [-0.15, -0.1) is 24.0 Å². The maximum absolute atomic E-state index is 5.79. The Hall–Kier alpha value is -1.58. The molecule has 0 saturated carbocycles. The standard InChI is InChI=1S/C18H30N6O.HI/c1-6-19-17(21-10-14(2)13-24-9-7-8-23-24)22-12-16-20-11-15(25-16)18(3,4)5;/h7-9,11,14H,6,10,12-13H2,1-5H3,(H2,19,21,22);1H. The first-order chi connectivity index (χ1) is 11.9. The Kier molecular flexibility index (Phi) is 9.11. The van der Waals surface area contributed by atoms with Gasteiger partial charge in [0, 0.05) is 37.4 Å². The first-order valence-corrected chi connectivity index (χ1v) is 8.83.